The predicted octanol–water partition coefficient (Wildman–Crippen LogP) is 0.584. The Labute approximate surface area is 105 Å². The van der Waals surface area contributed by atoms with Crippen LogP contribution in [0.25, 0.3) is 0 Å². The third kappa shape index (κ3) is 6.35. The summed E-state index contributed by atoms with van der Waals surface area (Å²) >= 11 is 0. The minimum atomic E-state index is -3.32. The van der Waals surface area contributed by atoms with Crippen molar-refractivity contribution in [3.8, 4) is 0 Å². The number of hydrogen-bond acceptors (Lipinski definition) is 3. The summed E-state index contributed by atoms with van der Waals surface area (Å²) in [5.74, 6) is 0.754. The maximum atomic E-state index is 11.6. The maximum Gasteiger partial charge on any atom is 0.276 e. The van der Waals surface area contributed by atoms with E-state index < -0.39 is 10.2 Å². The summed E-state index contributed by atoms with van der Waals surface area (Å²) in [6, 6.07) is 0.307. The zero-order valence-electron chi connectivity index (χ0n) is 10.8. The van der Waals surface area contributed by atoms with Gasteiger partial charge in [-0.25, -0.2) is 9.44 Å². The second-order valence-corrected chi connectivity index (χ2v) is 6.96. The van der Waals surface area contributed by atoms with Crippen LogP contribution in [-0.4, -0.2) is 27.5 Å². The van der Waals surface area contributed by atoms with Crippen molar-refractivity contribution in [2.75, 3.05) is 13.1 Å². The lowest BCUT2D eigenvalue weighted by atomic mass is 9.87. The molecule has 0 aliphatic heterocycles. The van der Waals surface area contributed by atoms with Crippen molar-refractivity contribution < 1.29 is 8.42 Å². The lowest BCUT2D eigenvalue weighted by Gasteiger charge is -2.26. The zero-order chi connectivity index (χ0) is 12.9. The Morgan fingerprint density at radius 3 is 2.29 bits per heavy atom. The molecule has 0 heterocycles. The zero-order valence-corrected chi connectivity index (χ0v) is 11.6. The molecule has 0 saturated heterocycles. The average Bonchev–Trinajstić information content (AvgIpc) is 2.26. The number of rotatable bonds is 6. The maximum absolute atomic E-state index is 11.6. The molecule has 0 radical (unpaired) electrons. The van der Waals surface area contributed by atoms with Crippen LogP contribution in [0.1, 0.15) is 39.5 Å². The minimum Gasteiger partial charge on any atom is -0.328 e. The molecule has 102 valence electrons. The summed E-state index contributed by atoms with van der Waals surface area (Å²) in [5.41, 5.74) is 5.81. The normalized spacial score (nSPS) is 26.4. The van der Waals surface area contributed by atoms with Gasteiger partial charge < -0.3 is 5.73 Å². The van der Waals surface area contributed by atoms with Gasteiger partial charge in [-0.05, 0) is 37.5 Å². The molecular weight excluding hydrogens is 238 g/mol. The molecule has 1 fully saturated rings. The third-order valence-electron chi connectivity index (χ3n) is 3.14. The van der Waals surface area contributed by atoms with E-state index in [4.69, 9.17) is 5.73 Å². The molecule has 0 spiro atoms. The molecule has 1 aliphatic rings. The summed E-state index contributed by atoms with van der Waals surface area (Å²) < 4.78 is 28.4. The van der Waals surface area contributed by atoms with Crippen molar-refractivity contribution in [1.29, 1.82) is 0 Å². The first kappa shape index (κ1) is 14.9. The van der Waals surface area contributed by atoms with E-state index in [9.17, 15) is 8.42 Å². The second kappa shape index (κ2) is 6.68. The SMILES string of the molecule is CC(C)CNS(=O)(=O)NCC1CCC(N)CC1. The Hall–Kier alpha value is -0.170. The second-order valence-electron chi connectivity index (χ2n) is 5.38. The molecular formula is C11H25N3O2S. The third-order valence-corrected chi connectivity index (χ3v) is 4.23. The highest BCUT2D eigenvalue weighted by Crippen LogP contribution is 2.22. The summed E-state index contributed by atoms with van der Waals surface area (Å²) in [5, 5.41) is 0. The van der Waals surface area contributed by atoms with Crippen molar-refractivity contribution in [3.05, 3.63) is 0 Å². The Balaban J connectivity index is 2.25. The standard InChI is InChI=1S/C11H25N3O2S/c1-9(2)7-13-17(15,16)14-8-10-3-5-11(12)6-4-10/h9-11,13-14H,3-8,12H2,1-2H3. The van der Waals surface area contributed by atoms with Gasteiger partial charge in [-0.15, -0.1) is 0 Å². The number of nitrogens with one attached hydrogen (secondary N) is 2. The molecule has 1 aliphatic carbocycles. The van der Waals surface area contributed by atoms with Gasteiger partial charge in [0.15, 0.2) is 0 Å². The molecule has 6 heteroatoms. The van der Waals surface area contributed by atoms with Gasteiger partial charge in [0.25, 0.3) is 10.2 Å². The van der Waals surface area contributed by atoms with E-state index in [0.717, 1.165) is 25.7 Å². The van der Waals surface area contributed by atoms with Crippen LogP contribution in [0.2, 0.25) is 0 Å². The molecule has 5 nitrogen and oxygen atoms in total. The molecule has 0 amide bonds. The van der Waals surface area contributed by atoms with E-state index in [1.54, 1.807) is 0 Å². The summed E-state index contributed by atoms with van der Waals surface area (Å²) in [6.07, 6.45) is 4.05. The number of hydrogen-bond donors (Lipinski definition) is 3. The van der Waals surface area contributed by atoms with Gasteiger partial charge in [-0.3, -0.25) is 0 Å². The lowest BCUT2D eigenvalue weighted by molar-refractivity contribution is 0.325. The van der Waals surface area contributed by atoms with Gasteiger partial charge >= 0.3 is 0 Å². The highest BCUT2D eigenvalue weighted by atomic mass is 32.2. The van der Waals surface area contributed by atoms with Gasteiger partial charge in [-0.1, -0.05) is 13.8 Å². The quantitative estimate of drug-likeness (QED) is 0.655. The molecule has 1 rings (SSSR count). The van der Waals surface area contributed by atoms with E-state index in [1.807, 2.05) is 13.8 Å². The van der Waals surface area contributed by atoms with Crippen LogP contribution in [0.4, 0.5) is 0 Å². The smallest absolute Gasteiger partial charge is 0.276 e. The van der Waals surface area contributed by atoms with Gasteiger partial charge in [0, 0.05) is 19.1 Å². The average molecular weight is 263 g/mol. The number of nitrogens with two attached hydrogens (primary N) is 1. The molecule has 17 heavy (non-hydrogen) atoms. The van der Waals surface area contributed by atoms with Crippen molar-refractivity contribution in [2.45, 2.75) is 45.6 Å². The fourth-order valence-electron chi connectivity index (χ4n) is 1.95. The summed E-state index contributed by atoms with van der Waals surface area (Å²) in [7, 11) is -3.32. The van der Waals surface area contributed by atoms with Crippen LogP contribution in [-0.2, 0) is 10.2 Å². The van der Waals surface area contributed by atoms with Crippen LogP contribution >= 0.6 is 0 Å². The molecule has 0 aromatic carbocycles. The Morgan fingerprint density at radius 1 is 1.18 bits per heavy atom. The molecule has 0 bridgehead atoms. The van der Waals surface area contributed by atoms with Crippen LogP contribution in [0.3, 0.4) is 0 Å². The van der Waals surface area contributed by atoms with Crippen molar-refractivity contribution >= 4 is 10.2 Å². The predicted molar refractivity (Wildman–Crippen MR) is 69.7 cm³/mol. The van der Waals surface area contributed by atoms with Crippen LogP contribution in [0, 0.1) is 11.8 Å². The molecule has 4 N–H and O–H groups in total. The molecule has 0 aromatic rings. The topological polar surface area (TPSA) is 84.2 Å². The van der Waals surface area contributed by atoms with E-state index in [2.05, 4.69) is 9.44 Å². The van der Waals surface area contributed by atoms with Crippen LogP contribution in [0.5, 0.6) is 0 Å². The fourth-order valence-corrected chi connectivity index (χ4v) is 3.06. The van der Waals surface area contributed by atoms with E-state index in [1.165, 1.54) is 0 Å². The fraction of sp³-hybridized carbons (Fsp3) is 1.00. The van der Waals surface area contributed by atoms with Crippen LogP contribution in [0.15, 0.2) is 0 Å². The summed E-state index contributed by atoms with van der Waals surface area (Å²) in [6.45, 7) is 4.96. The largest absolute Gasteiger partial charge is 0.328 e. The molecule has 1 saturated carbocycles. The minimum absolute atomic E-state index is 0.307. The lowest BCUT2D eigenvalue weighted by Crippen LogP contribution is -2.41. The first-order valence-electron chi connectivity index (χ1n) is 6.39. The van der Waals surface area contributed by atoms with E-state index in [0.29, 0.717) is 31.0 Å². The highest BCUT2D eigenvalue weighted by molar-refractivity contribution is 7.87. The van der Waals surface area contributed by atoms with E-state index in [-0.39, 0.29) is 0 Å². The Bertz CT molecular complexity index is 309. The highest BCUT2D eigenvalue weighted by Gasteiger charge is 2.20. The summed E-state index contributed by atoms with van der Waals surface area (Å²) in [4.78, 5) is 0. The van der Waals surface area contributed by atoms with Crippen molar-refractivity contribution in [1.82, 2.24) is 9.44 Å². The first-order chi connectivity index (χ1) is 7.89. The van der Waals surface area contributed by atoms with E-state index >= 15 is 0 Å². The molecule has 0 aromatic heterocycles. The van der Waals surface area contributed by atoms with Gasteiger partial charge in [0.2, 0.25) is 0 Å². The first-order valence-corrected chi connectivity index (χ1v) is 7.87. The van der Waals surface area contributed by atoms with Crippen molar-refractivity contribution in [2.24, 2.45) is 17.6 Å². The van der Waals surface area contributed by atoms with Gasteiger partial charge in [0.05, 0.1) is 0 Å². The molecule has 0 unspecified atom stereocenters. The Morgan fingerprint density at radius 2 is 1.76 bits per heavy atom. The van der Waals surface area contributed by atoms with Crippen molar-refractivity contribution in [3.63, 3.8) is 0 Å². The monoisotopic (exact) mass is 263 g/mol. The van der Waals surface area contributed by atoms with Gasteiger partial charge in [-0.2, -0.15) is 8.42 Å². The Kier molecular flexibility index (Phi) is 5.85. The molecule has 0 atom stereocenters. The van der Waals surface area contributed by atoms with Gasteiger partial charge in [0.1, 0.15) is 0 Å². The van der Waals surface area contributed by atoms with Crippen LogP contribution < -0.4 is 15.2 Å².